The molecule has 0 bridgehead atoms. The molecular weight excluding hydrogens is 222 g/mol. The smallest absolute Gasteiger partial charge is 0.101 e. The Balaban J connectivity index is 3.19. The van der Waals surface area contributed by atoms with Crippen LogP contribution in [0.5, 0.6) is 0 Å². The Labute approximate surface area is 110 Å². The maximum Gasteiger partial charge on any atom is 0.101 e. The standard InChI is InChI=1S/C15H23N3/c1-11(17)14(15(2,3)4)18(5)13-9-7-6-8-12(13)10-16/h6-9,11,14H,17H2,1-5H3. The molecule has 0 amide bonds. The van der Waals surface area contributed by atoms with E-state index >= 15 is 0 Å². The van der Waals surface area contributed by atoms with Crippen molar-refractivity contribution in [2.75, 3.05) is 11.9 Å². The van der Waals surface area contributed by atoms with Crippen molar-refractivity contribution in [1.82, 2.24) is 0 Å². The molecule has 3 heteroatoms. The summed E-state index contributed by atoms with van der Waals surface area (Å²) in [4.78, 5) is 2.13. The highest BCUT2D eigenvalue weighted by Crippen LogP contribution is 2.30. The van der Waals surface area contributed by atoms with Crippen LogP contribution in [0.15, 0.2) is 24.3 Å². The van der Waals surface area contributed by atoms with E-state index in [1.54, 1.807) is 0 Å². The van der Waals surface area contributed by atoms with E-state index in [1.165, 1.54) is 0 Å². The zero-order chi connectivity index (χ0) is 13.9. The van der Waals surface area contributed by atoms with Crippen LogP contribution in [0.25, 0.3) is 0 Å². The third-order valence-electron chi connectivity index (χ3n) is 3.21. The van der Waals surface area contributed by atoms with Gasteiger partial charge in [0.25, 0.3) is 0 Å². The van der Waals surface area contributed by atoms with E-state index in [1.807, 2.05) is 38.2 Å². The van der Waals surface area contributed by atoms with E-state index in [9.17, 15) is 5.26 Å². The minimum absolute atomic E-state index is 0.0294. The molecule has 0 saturated carbocycles. The van der Waals surface area contributed by atoms with E-state index in [0.717, 1.165) is 5.69 Å². The van der Waals surface area contributed by atoms with Crippen molar-refractivity contribution < 1.29 is 0 Å². The number of nitriles is 1. The Morgan fingerprint density at radius 3 is 2.28 bits per heavy atom. The lowest BCUT2D eigenvalue weighted by Gasteiger charge is -2.42. The van der Waals surface area contributed by atoms with Crippen LogP contribution in [0.2, 0.25) is 0 Å². The average Bonchev–Trinajstić information content (AvgIpc) is 2.26. The summed E-state index contributed by atoms with van der Waals surface area (Å²) in [5.41, 5.74) is 7.81. The Morgan fingerprint density at radius 2 is 1.83 bits per heavy atom. The van der Waals surface area contributed by atoms with Gasteiger partial charge in [0.05, 0.1) is 11.3 Å². The molecule has 18 heavy (non-hydrogen) atoms. The first kappa shape index (κ1) is 14.5. The molecule has 1 aromatic rings. The molecule has 0 aliphatic carbocycles. The molecular formula is C15H23N3. The maximum absolute atomic E-state index is 9.18. The third-order valence-corrected chi connectivity index (χ3v) is 3.21. The van der Waals surface area contributed by atoms with Gasteiger partial charge in [0.15, 0.2) is 0 Å². The molecule has 3 nitrogen and oxygen atoms in total. The molecule has 0 heterocycles. The SMILES string of the molecule is CC(N)C(N(C)c1ccccc1C#N)C(C)(C)C. The molecule has 0 spiro atoms. The average molecular weight is 245 g/mol. The lowest BCUT2D eigenvalue weighted by Crippen LogP contribution is -2.52. The number of likely N-dealkylation sites (N-methyl/N-ethyl adjacent to an activating group) is 1. The summed E-state index contributed by atoms with van der Waals surface area (Å²) in [6.45, 7) is 8.53. The van der Waals surface area contributed by atoms with Crippen LogP contribution in [-0.2, 0) is 0 Å². The Kier molecular flexibility index (Phi) is 4.37. The Morgan fingerprint density at radius 1 is 1.28 bits per heavy atom. The van der Waals surface area contributed by atoms with Gasteiger partial charge in [-0.3, -0.25) is 0 Å². The lowest BCUT2D eigenvalue weighted by atomic mass is 9.81. The van der Waals surface area contributed by atoms with Crippen molar-refractivity contribution in [2.24, 2.45) is 11.1 Å². The van der Waals surface area contributed by atoms with Crippen LogP contribution in [0.1, 0.15) is 33.3 Å². The maximum atomic E-state index is 9.18. The van der Waals surface area contributed by atoms with Gasteiger partial charge in [-0.25, -0.2) is 0 Å². The van der Waals surface area contributed by atoms with Crippen LogP contribution in [0.4, 0.5) is 5.69 Å². The first-order valence-electron chi connectivity index (χ1n) is 6.26. The third kappa shape index (κ3) is 3.02. The number of nitrogens with two attached hydrogens (primary N) is 1. The highest BCUT2D eigenvalue weighted by Gasteiger charge is 2.32. The fraction of sp³-hybridized carbons (Fsp3) is 0.533. The van der Waals surface area contributed by atoms with E-state index in [2.05, 4.69) is 31.7 Å². The summed E-state index contributed by atoms with van der Waals surface area (Å²) in [6.07, 6.45) is 0. The molecule has 2 unspecified atom stereocenters. The van der Waals surface area contributed by atoms with Gasteiger partial charge >= 0.3 is 0 Å². The number of hydrogen-bond acceptors (Lipinski definition) is 3. The molecule has 0 aliphatic heterocycles. The molecule has 1 rings (SSSR count). The summed E-state index contributed by atoms with van der Waals surface area (Å²) in [7, 11) is 2.01. The highest BCUT2D eigenvalue weighted by molar-refractivity contribution is 5.59. The van der Waals surface area contributed by atoms with Crippen LogP contribution >= 0.6 is 0 Å². The summed E-state index contributed by atoms with van der Waals surface area (Å²) < 4.78 is 0. The molecule has 0 aliphatic rings. The number of rotatable bonds is 3. The van der Waals surface area contributed by atoms with E-state index < -0.39 is 0 Å². The zero-order valence-electron chi connectivity index (χ0n) is 11.9. The van der Waals surface area contributed by atoms with Crippen molar-refractivity contribution in [3.05, 3.63) is 29.8 Å². The second-order valence-corrected chi connectivity index (χ2v) is 5.91. The van der Waals surface area contributed by atoms with Crippen molar-refractivity contribution in [3.8, 4) is 6.07 Å². The molecule has 0 radical (unpaired) electrons. The summed E-state index contributed by atoms with van der Waals surface area (Å²) in [6, 6.07) is 10.1. The van der Waals surface area contributed by atoms with Crippen LogP contribution < -0.4 is 10.6 Å². The fourth-order valence-corrected chi connectivity index (χ4v) is 2.75. The number of anilines is 1. The van der Waals surface area contributed by atoms with E-state index in [4.69, 9.17) is 5.73 Å². The minimum atomic E-state index is 0.0294. The van der Waals surface area contributed by atoms with Gasteiger partial charge in [0.2, 0.25) is 0 Å². The molecule has 98 valence electrons. The summed E-state index contributed by atoms with van der Waals surface area (Å²) >= 11 is 0. The second-order valence-electron chi connectivity index (χ2n) is 5.91. The molecule has 2 atom stereocenters. The first-order chi connectivity index (χ1) is 8.29. The topological polar surface area (TPSA) is 53.0 Å². The van der Waals surface area contributed by atoms with Gasteiger partial charge in [-0.1, -0.05) is 32.9 Å². The number of para-hydroxylation sites is 1. The summed E-state index contributed by atoms with van der Waals surface area (Å²) in [5, 5.41) is 9.18. The quantitative estimate of drug-likeness (QED) is 0.891. The largest absolute Gasteiger partial charge is 0.368 e. The van der Waals surface area contributed by atoms with Gasteiger partial charge in [-0.15, -0.1) is 0 Å². The van der Waals surface area contributed by atoms with Gasteiger partial charge in [-0.05, 0) is 24.5 Å². The lowest BCUT2D eigenvalue weighted by molar-refractivity contribution is 0.280. The van der Waals surface area contributed by atoms with E-state index in [0.29, 0.717) is 5.56 Å². The van der Waals surface area contributed by atoms with Gasteiger partial charge in [0, 0.05) is 19.1 Å². The molecule has 0 aromatic heterocycles. The predicted molar refractivity (Wildman–Crippen MR) is 76.5 cm³/mol. The fourth-order valence-electron chi connectivity index (χ4n) is 2.75. The van der Waals surface area contributed by atoms with Gasteiger partial charge in [0.1, 0.15) is 6.07 Å². The summed E-state index contributed by atoms with van der Waals surface area (Å²) in [5.74, 6) is 0. The highest BCUT2D eigenvalue weighted by atomic mass is 15.2. The Bertz CT molecular complexity index is 438. The second kappa shape index (κ2) is 5.41. The monoisotopic (exact) mass is 245 g/mol. The zero-order valence-corrected chi connectivity index (χ0v) is 11.9. The van der Waals surface area contributed by atoms with Crippen LogP contribution in [0, 0.1) is 16.7 Å². The molecule has 0 saturated heterocycles. The van der Waals surface area contributed by atoms with Crippen molar-refractivity contribution in [3.63, 3.8) is 0 Å². The predicted octanol–water partition coefficient (Wildman–Crippen LogP) is 2.76. The molecule has 1 aromatic carbocycles. The first-order valence-corrected chi connectivity index (χ1v) is 6.26. The number of benzene rings is 1. The molecule has 2 N–H and O–H groups in total. The van der Waals surface area contributed by atoms with Gasteiger partial charge in [-0.2, -0.15) is 5.26 Å². The van der Waals surface area contributed by atoms with Crippen LogP contribution in [-0.4, -0.2) is 19.1 Å². The van der Waals surface area contributed by atoms with E-state index in [-0.39, 0.29) is 17.5 Å². The van der Waals surface area contributed by atoms with Crippen molar-refractivity contribution >= 4 is 5.69 Å². The van der Waals surface area contributed by atoms with Crippen molar-refractivity contribution in [1.29, 1.82) is 5.26 Å². The number of hydrogen-bond donors (Lipinski definition) is 1. The molecule has 0 fully saturated rings. The van der Waals surface area contributed by atoms with Crippen LogP contribution in [0.3, 0.4) is 0 Å². The minimum Gasteiger partial charge on any atom is -0.368 e. The Hall–Kier alpha value is -1.53. The van der Waals surface area contributed by atoms with Gasteiger partial charge < -0.3 is 10.6 Å². The number of nitrogens with zero attached hydrogens (tertiary/aromatic N) is 2. The normalized spacial score (nSPS) is 14.7. The van der Waals surface area contributed by atoms with Crippen molar-refractivity contribution in [2.45, 2.75) is 39.8 Å².